The van der Waals surface area contributed by atoms with Gasteiger partial charge >= 0.3 is 5.97 Å². The van der Waals surface area contributed by atoms with E-state index >= 15 is 0 Å². The lowest BCUT2D eigenvalue weighted by Crippen LogP contribution is -2.00. The molecule has 0 saturated carbocycles. The Morgan fingerprint density at radius 1 is 1.12 bits per heavy atom. The van der Waals surface area contributed by atoms with Crippen LogP contribution in [-0.2, 0) is 0 Å². The number of benzene rings is 2. The zero-order valence-electron chi connectivity index (χ0n) is 9.27. The molecule has 0 aromatic heterocycles. The van der Waals surface area contributed by atoms with Crippen LogP contribution in [-0.4, -0.2) is 11.1 Å². The number of carboxylic acids is 1. The Balaban J connectivity index is 2.65. The Morgan fingerprint density at radius 3 is 2.35 bits per heavy atom. The molecular weight excluding hydrogens is 236 g/mol. The van der Waals surface area contributed by atoms with Crippen molar-refractivity contribution in [1.82, 2.24) is 0 Å². The molecule has 0 spiro atoms. The molecule has 0 aliphatic carbocycles. The number of hydrogen-bond donors (Lipinski definition) is 1. The number of aryl methyl sites for hydroxylation is 1. The summed E-state index contributed by atoms with van der Waals surface area (Å²) in [7, 11) is 0. The highest BCUT2D eigenvalue weighted by Gasteiger charge is 2.13. The largest absolute Gasteiger partial charge is 0.478 e. The van der Waals surface area contributed by atoms with Gasteiger partial charge in [-0.15, -0.1) is 0 Å². The smallest absolute Gasteiger partial charge is 0.336 e. The first-order valence-corrected chi connectivity index (χ1v) is 5.56. The van der Waals surface area contributed by atoms with Crippen LogP contribution in [0.3, 0.4) is 0 Å². The molecule has 3 heteroatoms. The topological polar surface area (TPSA) is 37.3 Å². The average Bonchev–Trinajstić information content (AvgIpc) is 2.30. The van der Waals surface area contributed by atoms with E-state index in [0.29, 0.717) is 10.6 Å². The predicted octanol–water partition coefficient (Wildman–Crippen LogP) is 4.01. The number of rotatable bonds is 2. The maximum atomic E-state index is 11.2. The summed E-state index contributed by atoms with van der Waals surface area (Å²) >= 11 is 5.82. The molecule has 0 atom stereocenters. The molecule has 2 nitrogen and oxygen atoms in total. The Kier molecular flexibility index (Phi) is 3.16. The summed E-state index contributed by atoms with van der Waals surface area (Å²) < 4.78 is 0. The summed E-state index contributed by atoms with van der Waals surface area (Å²) in [5.41, 5.74) is 2.86. The lowest BCUT2D eigenvalue weighted by molar-refractivity contribution is 0.0697. The molecule has 17 heavy (non-hydrogen) atoms. The molecule has 0 aliphatic heterocycles. The van der Waals surface area contributed by atoms with Crippen molar-refractivity contribution in [3.05, 3.63) is 58.6 Å². The standard InChI is InChI=1S/C14H11ClO2/c1-9-3-2-4-12(14(16)17)13(9)10-5-7-11(15)8-6-10/h2-8H,1H3,(H,16,17). The number of carbonyl (C=O) groups is 1. The van der Waals surface area contributed by atoms with Gasteiger partial charge in [0.1, 0.15) is 0 Å². The molecule has 0 saturated heterocycles. The monoisotopic (exact) mass is 246 g/mol. The van der Waals surface area contributed by atoms with E-state index in [1.807, 2.05) is 25.1 Å². The lowest BCUT2D eigenvalue weighted by atomic mass is 9.95. The van der Waals surface area contributed by atoms with E-state index in [2.05, 4.69) is 0 Å². The summed E-state index contributed by atoms with van der Waals surface area (Å²) in [5, 5.41) is 9.82. The van der Waals surface area contributed by atoms with Crippen LogP contribution in [0.5, 0.6) is 0 Å². The van der Waals surface area contributed by atoms with E-state index in [9.17, 15) is 9.90 Å². The first kappa shape index (κ1) is 11.7. The summed E-state index contributed by atoms with van der Waals surface area (Å²) in [6, 6.07) is 12.4. The van der Waals surface area contributed by atoms with Gasteiger partial charge in [0.15, 0.2) is 0 Å². The van der Waals surface area contributed by atoms with Gasteiger partial charge in [-0.3, -0.25) is 0 Å². The summed E-state index contributed by atoms with van der Waals surface area (Å²) in [5.74, 6) is -0.918. The van der Waals surface area contributed by atoms with E-state index in [1.54, 1.807) is 24.3 Å². The number of hydrogen-bond acceptors (Lipinski definition) is 1. The highest BCUT2D eigenvalue weighted by molar-refractivity contribution is 6.30. The first-order chi connectivity index (χ1) is 8.09. The van der Waals surface area contributed by atoms with Crippen molar-refractivity contribution in [1.29, 1.82) is 0 Å². The van der Waals surface area contributed by atoms with E-state index in [-0.39, 0.29) is 0 Å². The minimum absolute atomic E-state index is 0.312. The second-order valence-corrected chi connectivity index (χ2v) is 4.25. The van der Waals surface area contributed by atoms with E-state index in [1.165, 1.54) is 0 Å². The third kappa shape index (κ3) is 2.32. The van der Waals surface area contributed by atoms with Crippen LogP contribution < -0.4 is 0 Å². The third-order valence-corrected chi connectivity index (χ3v) is 2.89. The Labute approximate surface area is 104 Å². The quantitative estimate of drug-likeness (QED) is 0.869. The lowest BCUT2D eigenvalue weighted by Gasteiger charge is -2.09. The molecule has 2 aromatic rings. The van der Waals surface area contributed by atoms with Gasteiger partial charge in [0.05, 0.1) is 5.56 Å². The summed E-state index contributed by atoms with van der Waals surface area (Å²) in [4.78, 5) is 11.2. The molecule has 0 fully saturated rings. The van der Waals surface area contributed by atoms with Crippen molar-refractivity contribution in [3.63, 3.8) is 0 Å². The molecule has 0 amide bonds. The minimum atomic E-state index is -0.918. The normalized spacial score (nSPS) is 10.2. The second-order valence-electron chi connectivity index (χ2n) is 3.81. The molecular formula is C14H11ClO2. The van der Waals surface area contributed by atoms with Crippen LogP contribution in [0.15, 0.2) is 42.5 Å². The fraction of sp³-hybridized carbons (Fsp3) is 0.0714. The zero-order chi connectivity index (χ0) is 12.4. The summed E-state index contributed by atoms with van der Waals surface area (Å²) in [6.07, 6.45) is 0. The van der Waals surface area contributed by atoms with Gasteiger partial charge in [-0.05, 0) is 41.8 Å². The molecule has 86 valence electrons. The Hall–Kier alpha value is -1.80. The second kappa shape index (κ2) is 4.60. The molecule has 2 rings (SSSR count). The van der Waals surface area contributed by atoms with Crippen LogP contribution in [0, 0.1) is 6.92 Å². The highest BCUT2D eigenvalue weighted by Crippen LogP contribution is 2.28. The van der Waals surface area contributed by atoms with Gasteiger partial charge in [-0.1, -0.05) is 35.9 Å². The third-order valence-electron chi connectivity index (χ3n) is 2.64. The van der Waals surface area contributed by atoms with Crippen molar-refractivity contribution in [3.8, 4) is 11.1 Å². The van der Waals surface area contributed by atoms with E-state index in [0.717, 1.165) is 16.7 Å². The molecule has 0 bridgehead atoms. The average molecular weight is 247 g/mol. The number of halogens is 1. The first-order valence-electron chi connectivity index (χ1n) is 5.18. The molecule has 0 radical (unpaired) electrons. The van der Waals surface area contributed by atoms with Gasteiger partial charge in [0.2, 0.25) is 0 Å². The molecule has 2 aromatic carbocycles. The van der Waals surface area contributed by atoms with Crippen molar-refractivity contribution in [2.24, 2.45) is 0 Å². The van der Waals surface area contributed by atoms with Crippen LogP contribution in [0.1, 0.15) is 15.9 Å². The highest BCUT2D eigenvalue weighted by atomic mass is 35.5. The van der Waals surface area contributed by atoms with Crippen molar-refractivity contribution in [2.45, 2.75) is 6.92 Å². The number of aromatic carboxylic acids is 1. The molecule has 0 aliphatic rings. The fourth-order valence-electron chi connectivity index (χ4n) is 1.85. The van der Waals surface area contributed by atoms with Gasteiger partial charge in [-0.25, -0.2) is 4.79 Å². The van der Waals surface area contributed by atoms with Gasteiger partial charge < -0.3 is 5.11 Å². The van der Waals surface area contributed by atoms with Crippen LogP contribution in [0.2, 0.25) is 5.02 Å². The van der Waals surface area contributed by atoms with Crippen LogP contribution >= 0.6 is 11.6 Å². The molecule has 1 N–H and O–H groups in total. The number of carboxylic acid groups (broad SMARTS) is 1. The van der Waals surface area contributed by atoms with Gasteiger partial charge in [0.25, 0.3) is 0 Å². The maximum Gasteiger partial charge on any atom is 0.336 e. The molecule has 0 unspecified atom stereocenters. The maximum absolute atomic E-state index is 11.2. The zero-order valence-corrected chi connectivity index (χ0v) is 10.0. The predicted molar refractivity (Wildman–Crippen MR) is 68.6 cm³/mol. The minimum Gasteiger partial charge on any atom is -0.478 e. The van der Waals surface area contributed by atoms with Crippen LogP contribution in [0.25, 0.3) is 11.1 Å². The van der Waals surface area contributed by atoms with Crippen molar-refractivity contribution in [2.75, 3.05) is 0 Å². The Bertz CT molecular complexity index is 559. The summed E-state index contributed by atoms with van der Waals surface area (Å²) in [6.45, 7) is 1.90. The van der Waals surface area contributed by atoms with Crippen molar-refractivity contribution >= 4 is 17.6 Å². The van der Waals surface area contributed by atoms with E-state index < -0.39 is 5.97 Å². The van der Waals surface area contributed by atoms with Gasteiger partial charge in [-0.2, -0.15) is 0 Å². The van der Waals surface area contributed by atoms with E-state index in [4.69, 9.17) is 11.6 Å². The fourth-order valence-corrected chi connectivity index (χ4v) is 1.97. The van der Waals surface area contributed by atoms with Crippen molar-refractivity contribution < 1.29 is 9.90 Å². The van der Waals surface area contributed by atoms with Crippen LogP contribution in [0.4, 0.5) is 0 Å². The van der Waals surface area contributed by atoms with Gasteiger partial charge in [0, 0.05) is 5.02 Å². The SMILES string of the molecule is Cc1cccc(C(=O)O)c1-c1ccc(Cl)cc1. The Morgan fingerprint density at radius 2 is 1.76 bits per heavy atom. The molecule has 0 heterocycles.